The van der Waals surface area contributed by atoms with Crippen molar-refractivity contribution in [3.05, 3.63) is 53.9 Å². The van der Waals surface area contributed by atoms with Crippen LogP contribution in [0.2, 0.25) is 0 Å². The molecule has 102 valence electrons. The second-order valence-electron chi connectivity index (χ2n) is 3.86. The van der Waals surface area contributed by atoms with Gasteiger partial charge in [-0.2, -0.15) is 0 Å². The summed E-state index contributed by atoms with van der Waals surface area (Å²) in [5, 5.41) is 11.6. The molecule has 2 rings (SSSR count). The van der Waals surface area contributed by atoms with Crippen molar-refractivity contribution in [2.24, 2.45) is 0 Å². The van der Waals surface area contributed by atoms with Gasteiger partial charge >= 0.3 is 5.97 Å². The first-order valence-electron chi connectivity index (χ1n) is 5.76. The molecule has 0 bridgehead atoms. The van der Waals surface area contributed by atoms with E-state index in [9.17, 15) is 9.59 Å². The standard InChI is InChI=1S/C14H12N2O3S/c1-20-11-7-3-2-5-9(11)13(17)16-10-6-4-8-15-12(10)14(18)19/h2-8H,1H3,(H,16,17)(H,18,19). The lowest BCUT2D eigenvalue weighted by atomic mass is 10.2. The number of thioether (sulfide) groups is 1. The molecule has 20 heavy (non-hydrogen) atoms. The van der Waals surface area contributed by atoms with Crippen LogP contribution in [-0.4, -0.2) is 28.2 Å². The minimum absolute atomic E-state index is 0.178. The summed E-state index contributed by atoms with van der Waals surface area (Å²) < 4.78 is 0. The number of rotatable bonds is 4. The average molecular weight is 288 g/mol. The third-order valence-corrected chi connectivity index (χ3v) is 3.41. The molecule has 0 aliphatic rings. The van der Waals surface area contributed by atoms with Crippen molar-refractivity contribution in [1.29, 1.82) is 0 Å². The number of nitrogens with one attached hydrogen (secondary N) is 1. The highest BCUT2D eigenvalue weighted by atomic mass is 32.2. The van der Waals surface area contributed by atoms with E-state index in [2.05, 4.69) is 10.3 Å². The van der Waals surface area contributed by atoms with Gasteiger partial charge in [0.05, 0.1) is 11.3 Å². The molecule has 0 aliphatic heterocycles. The third-order valence-electron chi connectivity index (χ3n) is 2.61. The molecule has 0 spiro atoms. The monoisotopic (exact) mass is 288 g/mol. The first-order valence-corrected chi connectivity index (χ1v) is 6.98. The van der Waals surface area contributed by atoms with Crippen molar-refractivity contribution in [2.45, 2.75) is 4.90 Å². The van der Waals surface area contributed by atoms with Crippen LogP contribution in [0.5, 0.6) is 0 Å². The summed E-state index contributed by atoms with van der Waals surface area (Å²) in [5.74, 6) is -1.54. The molecular formula is C14H12N2O3S. The number of amides is 1. The van der Waals surface area contributed by atoms with Crippen molar-refractivity contribution in [2.75, 3.05) is 11.6 Å². The van der Waals surface area contributed by atoms with E-state index >= 15 is 0 Å². The normalized spacial score (nSPS) is 10.1. The van der Waals surface area contributed by atoms with Crippen LogP contribution in [0.15, 0.2) is 47.5 Å². The Morgan fingerprint density at radius 3 is 2.65 bits per heavy atom. The first-order chi connectivity index (χ1) is 9.63. The molecule has 0 saturated heterocycles. The maximum atomic E-state index is 12.2. The van der Waals surface area contributed by atoms with E-state index < -0.39 is 5.97 Å². The van der Waals surface area contributed by atoms with Gasteiger partial charge in [0.15, 0.2) is 5.69 Å². The summed E-state index contributed by atoms with van der Waals surface area (Å²) in [6.45, 7) is 0. The summed E-state index contributed by atoms with van der Waals surface area (Å²) in [5.41, 5.74) is 0.503. The molecule has 1 amide bonds. The van der Waals surface area contributed by atoms with E-state index in [-0.39, 0.29) is 17.3 Å². The fourth-order valence-corrected chi connectivity index (χ4v) is 2.29. The highest BCUT2D eigenvalue weighted by Crippen LogP contribution is 2.21. The lowest BCUT2D eigenvalue weighted by molar-refractivity contribution is 0.0692. The number of carbonyl (C=O) groups excluding carboxylic acids is 1. The van der Waals surface area contributed by atoms with Crippen molar-refractivity contribution in [3.8, 4) is 0 Å². The Morgan fingerprint density at radius 1 is 1.20 bits per heavy atom. The highest BCUT2D eigenvalue weighted by molar-refractivity contribution is 7.98. The predicted octanol–water partition coefficient (Wildman–Crippen LogP) is 2.75. The van der Waals surface area contributed by atoms with Crippen molar-refractivity contribution in [1.82, 2.24) is 4.98 Å². The van der Waals surface area contributed by atoms with E-state index in [4.69, 9.17) is 5.11 Å². The van der Waals surface area contributed by atoms with Crippen molar-refractivity contribution in [3.63, 3.8) is 0 Å². The van der Waals surface area contributed by atoms with Crippen LogP contribution < -0.4 is 5.32 Å². The van der Waals surface area contributed by atoms with E-state index in [1.165, 1.54) is 24.0 Å². The Bertz CT molecular complexity index is 658. The maximum absolute atomic E-state index is 12.2. The maximum Gasteiger partial charge on any atom is 0.356 e. The van der Waals surface area contributed by atoms with E-state index in [1.54, 1.807) is 18.2 Å². The van der Waals surface area contributed by atoms with Crippen LogP contribution in [0.4, 0.5) is 5.69 Å². The topological polar surface area (TPSA) is 79.3 Å². The molecule has 5 nitrogen and oxygen atoms in total. The smallest absolute Gasteiger partial charge is 0.356 e. The summed E-state index contributed by atoms with van der Waals surface area (Å²) in [6.07, 6.45) is 3.24. The number of benzene rings is 1. The zero-order valence-corrected chi connectivity index (χ0v) is 11.5. The molecule has 1 aromatic carbocycles. The lowest BCUT2D eigenvalue weighted by Gasteiger charge is -2.09. The second-order valence-corrected chi connectivity index (χ2v) is 4.71. The van der Waals surface area contributed by atoms with Crippen LogP contribution in [0.3, 0.4) is 0 Å². The van der Waals surface area contributed by atoms with Gasteiger partial charge in [-0.3, -0.25) is 4.79 Å². The highest BCUT2D eigenvalue weighted by Gasteiger charge is 2.16. The molecule has 2 aromatic rings. The zero-order chi connectivity index (χ0) is 14.5. The average Bonchev–Trinajstić information content (AvgIpc) is 2.47. The Labute approximate surface area is 120 Å². The zero-order valence-electron chi connectivity index (χ0n) is 10.7. The summed E-state index contributed by atoms with van der Waals surface area (Å²) >= 11 is 1.45. The number of carboxylic acids is 1. The predicted molar refractivity (Wildman–Crippen MR) is 77.4 cm³/mol. The number of pyridine rings is 1. The number of carboxylic acid groups (broad SMARTS) is 1. The molecule has 0 saturated carbocycles. The lowest BCUT2D eigenvalue weighted by Crippen LogP contribution is -2.16. The molecule has 6 heteroatoms. The Hall–Kier alpha value is -2.34. The summed E-state index contributed by atoms with van der Waals surface area (Å²) in [7, 11) is 0. The van der Waals surface area contributed by atoms with Crippen LogP contribution in [-0.2, 0) is 0 Å². The molecular weight excluding hydrogens is 276 g/mol. The van der Waals surface area contributed by atoms with Gasteiger partial charge in [-0.05, 0) is 30.5 Å². The number of nitrogens with zero attached hydrogens (tertiary/aromatic N) is 1. The molecule has 2 N–H and O–H groups in total. The molecule has 0 unspecified atom stereocenters. The summed E-state index contributed by atoms with van der Waals surface area (Å²) in [4.78, 5) is 27.8. The van der Waals surface area contributed by atoms with E-state index in [0.29, 0.717) is 5.56 Å². The molecule has 1 heterocycles. The second kappa shape index (κ2) is 6.21. The van der Waals surface area contributed by atoms with Gasteiger partial charge < -0.3 is 10.4 Å². The van der Waals surface area contributed by atoms with Gasteiger partial charge in [0, 0.05) is 11.1 Å². The fourth-order valence-electron chi connectivity index (χ4n) is 1.70. The van der Waals surface area contributed by atoms with Gasteiger partial charge in [-0.25, -0.2) is 9.78 Å². The van der Waals surface area contributed by atoms with Gasteiger partial charge in [0.2, 0.25) is 0 Å². The molecule has 1 aromatic heterocycles. The number of hydrogen-bond acceptors (Lipinski definition) is 4. The van der Waals surface area contributed by atoms with Crippen molar-refractivity contribution < 1.29 is 14.7 Å². The van der Waals surface area contributed by atoms with E-state index in [0.717, 1.165) is 4.90 Å². The summed E-state index contributed by atoms with van der Waals surface area (Å²) in [6, 6.07) is 10.2. The minimum atomic E-state index is -1.18. The quantitative estimate of drug-likeness (QED) is 0.846. The largest absolute Gasteiger partial charge is 0.476 e. The molecule has 0 aliphatic carbocycles. The van der Waals surface area contributed by atoms with E-state index in [1.807, 2.05) is 18.4 Å². The molecule has 0 radical (unpaired) electrons. The van der Waals surface area contributed by atoms with Crippen molar-refractivity contribution >= 4 is 29.3 Å². The number of hydrogen-bond donors (Lipinski definition) is 2. The van der Waals surface area contributed by atoms with Crippen LogP contribution >= 0.6 is 11.8 Å². The number of anilines is 1. The Morgan fingerprint density at radius 2 is 1.95 bits per heavy atom. The van der Waals surface area contributed by atoms with Crippen LogP contribution in [0, 0.1) is 0 Å². The van der Waals surface area contributed by atoms with Gasteiger partial charge in [-0.15, -0.1) is 11.8 Å². The molecule has 0 fully saturated rings. The SMILES string of the molecule is CSc1ccccc1C(=O)Nc1cccnc1C(=O)O. The van der Waals surface area contributed by atoms with Crippen LogP contribution in [0.25, 0.3) is 0 Å². The number of aromatic carboxylic acids is 1. The fraction of sp³-hybridized carbons (Fsp3) is 0.0714. The molecule has 0 atom stereocenters. The van der Waals surface area contributed by atoms with Crippen LogP contribution in [0.1, 0.15) is 20.8 Å². The van der Waals surface area contributed by atoms with Gasteiger partial charge in [0.25, 0.3) is 5.91 Å². The van der Waals surface area contributed by atoms with Gasteiger partial charge in [-0.1, -0.05) is 12.1 Å². The first kappa shape index (κ1) is 14.1. The Kier molecular flexibility index (Phi) is 4.37. The number of carbonyl (C=O) groups is 2. The minimum Gasteiger partial charge on any atom is -0.476 e. The Balaban J connectivity index is 2.31. The van der Waals surface area contributed by atoms with Gasteiger partial charge in [0.1, 0.15) is 0 Å². The third kappa shape index (κ3) is 2.97. The number of aromatic nitrogens is 1.